The van der Waals surface area contributed by atoms with Gasteiger partial charge in [0.25, 0.3) is 0 Å². The van der Waals surface area contributed by atoms with E-state index >= 15 is 0 Å². The Bertz CT molecular complexity index is 183. The predicted molar refractivity (Wildman–Crippen MR) is 39.0 cm³/mol. The van der Waals surface area contributed by atoms with Gasteiger partial charge in [0.1, 0.15) is 12.6 Å². The van der Waals surface area contributed by atoms with E-state index in [0.717, 1.165) is 0 Å². The number of hydrogen-bond acceptors (Lipinski definition) is 2. The van der Waals surface area contributed by atoms with Gasteiger partial charge in [-0.15, -0.1) is 0 Å². The molecule has 0 aromatic carbocycles. The van der Waals surface area contributed by atoms with E-state index in [-0.39, 0.29) is 12.4 Å². The third-order valence-corrected chi connectivity index (χ3v) is 2.31. The van der Waals surface area contributed by atoms with Crippen molar-refractivity contribution in [1.82, 2.24) is 0 Å². The second-order valence-corrected chi connectivity index (χ2v) is 3.70. The third kappa shape index (κ3) is 2.09. The first-order chi connectivity index (χ1) is 4.93. The molecule has 0 spiro atoms. The lowest BCUT2D eigenvalue weighted by molar-refractivity contribution is -0.895. The number of rotatable bonds is 1. The fourth-order valence-corrected chi connectivity index (χ4v) is 1.69. The number of aliphatic hydroxyl groups is 1. The Balaban J connectivity index is 0.00000121. The van der Waals surface area contributed by atoms with Gasteiger partial charge in [-0.3, -0.25) is 0 Å². The topological polar surface area (TPSA) is 57.5 Å². The van der Waals surface area contributed by atoms with E-state index in [9.17, 15) is 9.90 Å². The molecule has 4 nitrogen and oxygen atoms in total. The lowest BCUT2D eigenvalue weighted by Crippen LogP contribution is -3.00. The lowest BCUT2D eigenvalue weighted by atomic mass is 10.2. The maximum Gasteiger partial charge on any atom is 0.362 e. The largest absolute Gasteiger partial charge is 1.00 e. The second-order valence-electron chi connectivity index (χ2n) is 3.70. The van der Waals surface area contributed by atoms with Crippen molar-refractivity contribution in [2.75, 3.05) is 20.6 Å². The van der Waals surface area contributed by atoms with E-state index in [2.05, 4.69) is 0 Å². The van der Waals surface area contributed by atoms with E-state index in [0.29, 0.717) is 17.4 Å². The van der Waals surface area contributed by atoms with Crippen molar-refractivity contribution >= 4 is 5.97 Å². The Hall–Kier alpha value is -0.320. The summed E-state index contributed by atoms with van der Waals surface area (Å²) in [5.74, 6) is -0.813. The van der Waals surface area contributed by atoms with E-state index in [1.54, 1.807) is 0 Å². The van der Waals surface area contributed by atoms with Gasteiger partial charge < -0.3 is 27.1 Å². The first kappa shape index (κ1) is 11.7. The highest BCUT2D eigenvalue weighted by Crippen LogP contribution is 2.22. The minimum Gasteiger partial charge on any atom is -1.00 e. The Morgan fingerprint density at radius 1 is 1.50 bits per heavy atom. The van der Waals surface area contributed by atoms with Gasteiger partial charge in [-0.05, 0) is 0 Å². The summed E-state index contributed by atoms with van der Waals surface area (Å²) in [5, 5.41) is 17.9. The normalized spacial score (nSPS) is 32.6. The number of nitrogens with zero attached hydrogens (tertiary/aromatic N) is 1. The lowest BCUT2D eigenvalue weighted by Gasteiger charge is -2.28. The molecule has 1 heterocycles. The fraction of sp³-hybridized carbons (Fsp3) is 0.857. The summed E-state index contributed by atoms with van der Waals surface area (Å²) in [4.78, 5) is 10.6. The van der Waals surface area contributed by atoms with Crippen LogP contribution >= 0.6 is 0 Å². The predicted octanol–water partition coefficient (Wildman–Crippen LogP) is -3.72. The summed E-state index contributed by atoms with van der Waals surface area (Å²) >= 11 is 0. The zero-order chi connectivity index (χ0) is 8.65. The van der Waals surface area contributed by atoms with Crippen LogP contribution in [0.15, 0.2) is 0 Å². The number of carboxylic acid groups (broad SMARTS) is 1. The molecule has 2 atom stereocenters. The van der Waals surface area contributed by atoms with Crippen LogP contribution in [0, 0.1) is 0 Å². The van der Waals surface area contributed by atoms with Gasteiger partial charge in [0.05, 0.1) is 14.1 Å². The monoisotopic (exact) mass is 195 g/mol. The summed E-state index contributed by atoms with van der Waals surface area (Å²) < 4.78 is 0.385. The number of likely N-dealkylation sites (tertiary alicyclic amines) is 1. The zero-order valence-corrected chi connectivity index (χ0v) is 7.95. The summed E-state index contributed by atoms with van der Waals surface area (Å²) in [7, 11) is 3.66. The maximum absolute atomic E-state index is 10.6. The summed E-state index contributed by atoms with van der Waals surface area (Å²) in [6, 6.07) is -0.440. The van der Waals surface area contributed by atoms with Crippen molar-refractivity contribution in [2.24, 2.45) is 0 Å². The van der Waals surface area contributed by atoms with Gasteiger partial charge in [-0.1, -0.05) is 0 Å². The number of aliphatic hydroxyl groups excluding tert-OH is 1. The molecule has 0 saturated carbocycles. The van der Waals surface area contributed by atoms with Crippen molar-refractivity contribution in [3.63, 3.8) is 0 Å². The molecule has 1 rings (SSSR count). The van der Waals surface area contributed by atoms with Crippen molar-refractivity contribution < 1.29 is 31.9 Å². The van der Waals surface area contributed by atoms with Crippen LogP contribution in [0.1, 0.15) is 6.42 Å². The molecule has 0 unspecified atom stereocenters. The molecular weight excluding hydrogens is 182 g/mol. The number of quaternary nitrogens is 1. The first-order valence-corrected chi connectivity index (χ1v) is 3.67. The van der Waals surface area contributed by atoms with Gasteiger partial charge in [0.15, 0.2) is 6.04 Å². The average Bonchev–Trinajstić information content (AvgIpc) is 2.04. The van der Waals surface area contributed by atoms with Gasteiger partial charge >= 0.3 is 5.97 Å². The van der Waals surface area contributed by atoms with Crippen LogP contribution in [0.5, 0.6) is 0 Å². The summed E-state index contributed by atoms with van der Waals surface area (Å²) in [6.45, 7) is 0.539. The average molecular weight is 196 g/mol. The van der Waals surface area contributed by atoms with Crippen molar-refractivity contribution in [3.8, 4) is 0 Å². The number of likely N-dealkylation sites (N-methyl/N-ethyl adjacent to an activating group) is 1. The highest BCUT2D eigenvalue weighted by Gasteiger charge is 2.44. The molecule has 0 aromatic rings. The summed E-state index contributed by atoms with van der Waals surface area (Å²) in [5.41, 5.74) is 0. The Kier molecular flexibility index (Phi) is 3.50. The second kappa shape index (κ2) is 3.60. The van der Waals surface area contributed by atoms with Crippen LogP contribution < -0.4 is 12.4 Å². The highest BCUT2D eigenvalue weighted by atomic mass is 35.5. The maximum atomic E-state index is 10.6. The molecule has 12 heavy (non-hydrogen) atoms. The van der Waals surface area contributed by atoms with Crippen molar-refractivity contribution in [1.29, 1.82) is 0 Å². The van der Waals surface area contributed by atoms with Gasteiger partial charge in [-0.2, -0.15) is 0 Å². The van der Waals surface area contributed by atoms with Gasteiger partial charge in [-0.25, -0.2) is 4.79 Å². The number of halogens is 1. The molecule has 2 N–H and O–H groups in total. The van der Waals surface area contributed by atoms with Crippen LogP contribution in [-0.4, -0.2) is 53.5 Å². The van der Waals surface area contributed by atoms with Crippen LogP contribution in [0.3, 0.4) is 0 Å². The van der Waals surface area contributed by atoms with E-state index in [1.807, 2.05) is 14.1 Å². The molecule has 5 heteroatoms. The number of aliphatic carboxylic acids is 1. The SMILES string of the molecule is C[N+]1(C)C[C@H](O)C[C@H]1C(=O)O.[Cl-]. The van der Waals surface area contributed by atoms with E-state index in [4.69, 9.17) is 5.11 Å². The van der Waals surface area contributed by atoms with Crippen molar-refractivity contribution in [3.05, 3.63) is 0 Å². The molecule has 72 valence electrons. The smallest absolute Gasteiger partial charge is 0.362 e. The van der Waals surface area contributed by atoms with Crippen LogP contribution in [0.2, 0.25) is 0 Å². The zero-order valence-electron chi connectivity index (χ0n) is 7.20. The number of carbonyl (C=O) groups is 1. The molecule has 0 amide bonds. The molecule has 1 saturated heterocycles. The minimum absolute atomic E-state index is 0. The number of carboxylic acids is 1. The minimum atomic E-state index is -0.813. The molecule has 0 radical (unpaired) electrons. The third-order valence-electron chi connectivity index (χ3n) is 2.31. The molecule has 1 fully saturated rings. The van der Waals surface area contributed by atoms with E-state index < -0.39 is 18.1 Å². The molecule has 0 aliphatic carbocycles. The van der Waals surface area contributed by atoms with Gasteiger partial charge in [0, 0.05) is 6.42 Å². The Morgan fingerprint density at radius 2 is 2.00 bits per heavy atom. The molecule has 0 bridgehead atoms. The van der Waals surface area contributed by atoms with Crippen LogP contribution in [0.4, 0.5) is 0 Å². The van der Waals surface area contributed by atoms with Crippen LogP contribution in [0.25, 0.3) is 0 Å². The van der Waals surface area contributed by atoms with Gasteiger partial charge in [0.2, 0.25) is 0 Å². The molecular formula is C7H14ClNO3. The Labute approximate surface area is 77.8 Å². The summed E-state index contributed by atoms with van der Waals surface area (Å²) in [6.07, 6.45) is -0.0754. The first-order valence-electron chi connectivity index (χ1n) is 3.67. The van der Waals surface area contributed by atoms with E-state index in [1.165, 1.54) is 0 Å². The molecule has 0 aromatic heterocycles. The van der Waals surface area contributed by atoms with Crippen molar-refractivity contribution in [2.45, 2.75) is 18.6 Å². The van der Waals surface area contributed by atoms with Crippen LogP contribution in [-0.2, 0) is 4.79 Å². The number of hydrogen-bond donors (Lipinski definition) is 2. The standard InChI is InChI=1S/C7H13NO3.ClH/c1-8(2)4-5(9)3-6(8)7(10)11;/h5-6,9H,3-4H2,1-2H3;1H/t5-,6+;/m1./s1. The highest BCUT2D eigenvalue weighted by molar-refractivity contribution is 5.72. The molecule has 1 aliphatic rings. The Morgan fingerprint density at radius 3 is 2.17 bits per heavy atom. The fourth-order valence-electron chi connectivity index (χ4n) is 1.69. The molecule has 1 aliphatic heterocycles. The quantitative estimate of drug-likeness (QED) is 0.424.